The molecule has 0 aliphatic carbocycles. The smallest absolute Gasteiger partial charge is 0.149 e. The second-order valence-electron chi connectivity index (χ2n) is 2.93. The molecule has 0 saturated heterocycles. The highest BCUT2D eigenvalue weighted by Crippen LogP contribution is 2.07. The molecular formula is C9H13NO. The van der Waals surface area contributed by atoms with Crippen LogP contribution >= 0.6 is 0 Å². The Balaban J connectivity index is 2.57. The lowest BCUT2D eigenvalue weighted by atomic mass is 10.2. The molecule has 0 fully saturated rings. The Morgan fingerprint density at radius 2 is 2.36 bits per heavy atom. The van der Waals surface area contributed by atoms with Gasteiger partial charge in [-0.1, -0.05) is 6.08 Å². The molecule has 11 heavy (non-hydrogen) atoms. The van der Waals surface area contributed by atoms with Gasteiger partial charge in [-0.15, -0.1) is 0 Å². The van der Waals surface area contributed by atoms with E-state index >= 15 is 0 Å². The first-order valence-corrected chi connectivity index (χ1v) is 3.83. The lowest BCUT2D eigenvalue weighted by Crippen LogP contribution is -2.27. The molecule has 0 aromatic heterocycles. The van der Waals surface area contributed by atoms with Crippen molar-refractivity contribution < 1.29 is 4.79 Å². The average molecular weight is 151 g/mol. The predicted octanol–water partition coefficient (Wildman–Crippen LogP) is 1.35. The van der Waals surface area contributed by atoms with E-state index in [1.807, 2.05) is 18.4 Å². The molecule has 0 aromatic rings. The Morgan fingerprint density at radius 3 is 2.73 bits per heavy atom. The number of carbonyl (C=O) groups excluding carboxylic acids is 1. The molecule has 0 amide bonds. The Hall–Kier alpha value is -1.05. The van der Waals surface area contributed by atoms with Gasteiger partial charge in [0.2, 0.25) is 0 Å². The zero-order valence-electron chi connectivity index (χ0n) is 6.95. The van der Waals surface area contributed by atoms with Gasteiger partial charge < -0.3 is 4.90 Å². The minimum Gasteiger partial charge on any atom is -0.371 e. The summed E-state index contributed by atoms with van der Waals surface area (Å²) in [7, 11) is 0. The van der Waals surface area contributed by atoms with Crippen LogP contribution in [-0.2, 0) is 4.79 Å². The molecule has 0 N–H and O–H groups in total. The van der Waals surface area contributed by atoms with Crippen LogP contribution in [0.5, 0.6) is 0 Å². The summed E-state index contributed by atoms with van der Waals surface area (Å²) in [6, 6.07) is 0.510. The molecule has 0 bridgehead atoms. The summed E-state index contributed by atoms with van der Waals surface area (Å²) in [5, 5.41) is 0. The van der Waals surface area contributed by atoms with E-state index in [4.69, 9.17) is 0 Å². The highest BCUT2D eigenvalue weighted by molar-refractivity contribution is 5.77. The van der Waals surface area contributed by atoms with Crippen molar-refractivity contribution in [3.8, 4) is 0 Å². The predicted molar refractivity (Wildman–Crippen MR) is 45.1 cm³/mol. The van der Waals surface area contributed by atoms with Gasteiger partial charge in [-0.2, -0.15) is 0 Å². The van der Waals surface area contributed by atoms with Gasteiger partial charge in [-0.3, -0.25) is 4.79 Å². The maximum atomic E-state index is 10.3. The number of carbonyl (C=O) groups is 1. The van der Waals surface area contributed by atoms with E-state index in [1.54, 1.807) is 0 Å². The van der Waals surface area contributed by atoms with Crippen LogP contribution in [-0.4, -0.2) is 23.8 Å². The molecule has 1 aliphatic heterocycles. The maximum absolute atomic E-state index is 10.3. The van der Waals surface area contributed by atoms with Crippen LogP contribution in [0.2, 0.25) is 0 Å². The van der Waals surface area contributed by atoms with E-state index in [2.05, 4.69) is 18.7 Å². The molecule has 1 heterocycles. The molecule has 0 unspecified atom stereocenters. The third-order valence-corrected chi connectivity index (χ3v) is 1.80. The van der Waals surface area contributed by atoms with Crippen molar-refractivity contribution >= 4 is 6.29 Å². The van der Waals surface area contributed by atoms with Crippen molar-refractivity contribution in [3.63, 3.8) is 0 Å². The highest BCUT2D eigenvalue weighted by Gasteiger charge is 2.05. The third-order valence-electron chi connectivity index (χ3n) is 1.80. The Kier molecular flexibility index (Phi) is 2.47. The molecule has 0 atom stereocenters. The number of hydrogen-bond donors (Lipinski definition) is 0. The van der Waals surface area contributed by atoms with Gasteiger partial charge in [-0.25, -0.2) is 0 Å². The number of allylic oxidation sites excluding steroid dienone is 2. The van der Waals surface area contributed by atoms with Crippen LogP contribution in [0.3, 0.4) is 0 Å². The highest BCUT2D eigenvalue weighted by atomic mass is 16.1. The van der Waals surface area contributed by atoms with E-state index in [-0.39, 0.29) is 0 Å². The molecule has 0 saturated carbocycles. The summed E-state index contributed by atoms with van der Waals surface area (Å²) < 4.78 is 0. The minimum atomic E-state index is 0.510. The Bertz CT molecular complexity index is 204. The maximum Gasteiger partial charge on any atom is 0.149 e. The summed E-state index contributed by atoms with van der Waals surface area (Å²) in [5.74, 6) is 0. The van der Waals surface area contributed by atoms with Crippen molar-refractivity contribution in [2.75, 3.05) is 6.54 Å². The number of rotatable bonds is 2. The fourth-order valence-corrected chi connectivity index (χ4v) is 0.992. The first kappa shape index (κ1) is 8.05. The summed E-state index contributed by atoms with van der Waals surface area (Å²) >= 11 is 0. The van der Waals surface area contributed by atoms with E-state index in [1.165, 1.54) is 0 Å². The standard InChI is InChI=1S/C9H13NO/c1-8(2)10-5-3-9(7-11)4-6-10/h3-5,7-8H,6H2,1-2H3. The van der Waals surface area contributed by atoms with E-state index < -0.39 is 0 Å². The molecule has 2 nitrogen and oxygen atoms in total. The van der Waals surface area contributed by atoms with Gasteiger partial charge in [0, 0.05) is 24.4 Å². The first-order chi connectivity index (χ1) is 5.24. The van der Waals surface area contributed by atoms with Gasteiger partial charge in [-0.05, 0) is 19.9 Å². The molecule has 60 valence electrons. The fourth-order valence-electron chi connectivity index (χ4n) is 0.992. The normalized spacial score (nSPS) is 17.0. The van der Waals surface area contributed by atoms with Gasteiger partial charge in [0.05, 0.1) is 0 Å². The van der Waals surface area contributed by atoms with Crippen LogP contribution in [0.15, 0.2) is 23.9 Å². The van der Waals surface area contributed by atoms with Crippen LogP contribution < -0.4 is 0 Å². The molecule has 0 spiro atoms. The monoisotopic (exact) mass is 151 g/mol. The number of nitrogens with zero attached hydrogens (tertiary/aromatic N) is 1. The van der Waals surface area contributed by atoms with Gasteiger partial charge in [0.15, 0.2) is 0 Å². The van der Waals surface area contributed by atoms with E-state index in [9.17, 15) is 4.79 Å². The summed E-state index contributed by atoms with van der Waals surface area (Å²) in [6.07, 6.45) is 6.63. The van der Waals surface area contributed by atoms with Crippen molar-refractivity contribution in [2.24, 2.45) is 0 Å². The lowest BCUT2D eigenvalue weighted by molar-refractivity contribution is -0.104. The minimum absolute atomic E-state index is 0.510. The Labute approximate surface area is 67.2 Å². The van der Waals surface area contributed by atoms with Gasteiger partial charge in [0.1, 0.15) is 6.29 Å². The van der Waals surface area contributed by atoms with Gasteiger partial charge >= 0.3 is 0 Å². The van der Waals surface area contributed by atoms with Crippen LogP contribution in [0, 0.1) is 0 Å². The molecule has 2 heteroatoms. The second-order valence-corrected chi connectivity index (χ2v) is 2.93. The topological polar surface area (TPSA) is 20.3 Å². The first-order valence-electron chi connectivity index (χ1n) is 3.83. The van der Waals surface area contributed by atoms with E-state index in [0.29, 0.717) is 6.04 Å². The third kappa shape index (κ3) is 1.93. The fraction of sp³-hybridized carbons (Fsp3) is 0.444. The zero-order chi connectivity index (χ0) is 8.27. The molecule has 1 rings (SSSR count). The van der Waals surface area contributed by atoms with Crippen LogP contribution in [0.25, 0.3) is 0 Å². The lowest BCUT2D eigenvalue weighted by Gasteiger charge is -2.25. The van der Waals surface area contributed by atoms with Crippen LogP contribution in [0.4, 0.5) is 0 Å². The SMILES string of the molecule is CC(C)N1C=CC(C=O)=CC1. The summed E-state index contributed by atoms with van der Waals surface area (Å²) in [5.41, 5.74) is 0.780. The zero-order valence-corrected chi connectivity index (χ0v) is 6.95. The molecule has 1 aliphatic rings. The van der Waals surface area contributed by atoms with Crippen molar-refractivity contribution in [1.29, 1.82) is 0 Å². The van der Waals surface area contributed by atoms with Crippen LogP contribution in [0.1, 0.15) is 13.8 Å². The van der Waals surface area contributed by atoms with E-state index in [0.717, 1.165) is 18.4 Å². The largest absolute Gasteiger partial charge is 0.371 e. The quantitative estimate of drug-likeness (QED) is 0.555. The average Bonchev–Trinajstić information content (AvgIpc) is 2.05. The van der Waals surface area contributed by atoms with Crippen molar-refractivity contribution in [1.82, 2.24) is 4.90 Å². The molecular weight excluding hydrogens is 138 g/mol. The van der Waals surface area contributed by atoms with Gasteiger partial charge in [0.25, 0.3) is 0 Å². The Morgan fingerprint density at radius 1 is 1.64 bits per heavy atom. The summed E-state index contributed by atoms with van der Waals surface area (Å²) in [6.45, 7) is 5.11. The van der Waals surface area contributed by atoms with Crippen molar-refractivity contribution in [3.05, 3.63) is 23.9 Å². The molecule has 0 aromatic carbocycles. The molecule has 0 radical (unpaired) electrons. The summed E-state index contributed by atoms with van der Waals surface area (Å²) in [4.78, 5) is 12.5. The second kappa shape index (κ2) is 3.37. The van der Waals surface area contributed by atoms with Crippen molar-refractivity contribution in [2.45, 2.75) is 19.9 Å². The number of aldehydes is 1. The number of hydrogen-bond acceptors (Lipinski definition) is 2.